The molecule has 0 atom stereocenters. The predicted octanol–water partition coefficient (Wildman–Crippen LogP) is 3.42. The molecule has 1 saturated heterocycles. The zero-order chi connectivity index (χ0) is 19.3. The highest BCUT2D eigenvalue weighted by molar-refractivity contribution is 5.76. The summed E-state index contributed by atoms with van der Waals surface area (Å²) in [5.41, 5.74) is 3.72. The van der Waals surface area contributed by atoms with E-state index in [0.717, 1.165) is 35.1 Å². The lowest BCUT2D eigenvalue weighted by molar-refractivity contribution is 0.00431. The summed E-state index contributed by atoms with van der Waals surface area (Å²) in [6.07, 6.45) is 5.40. The van der Waals surface area contributed by atoms with Gasteiger partial charge in [0.2, 0.25) is 5.89 Å². The van der Waals surface area contributed by atoms with Crippen LogP contribution in [0.5, 0.6) is 0 Å². The number of aryl methyl sites for hydroxylation is 1. The lowest BCUT2D eigenvalue weighted by Gasteiger charge is -2.31. The van der Waals surface area contributed by atoms with E-state index in [0.29, 0.717) is 25.6 Å². The molecular formula is C21H24N4O3. The number of benzene rings is 1. The molecule has 7 nitrogen and oxygen atoms in total. The maximum Gasteiger partial charge on any atom is 0.317 e. The first kappa shape index (κ1) is 18.4. The van der Waals surface area contributed by atoms with Crippen molar-refractivity contribution < 1.29 is 13.9 Å². The van der Waals surface area contributed by atoms with E-state index in [1.165, 1.54) is 0 Å². The molecule has 0 unspecified atom stereocenters. The number of urea groups is 1. The van der Waals surface area contributed by atoms with Crippen molar-refractivity contribution in [1.82, 2.24) is 20.2 Å². The van der Waals surface area contributed by atoms with Crippen molar-refractivity contribution in [1.29, 1.82) is 0 Å². The SMILES string of the molecule is Cc1cccc2oc(CNC(=O)N3CCC(OCc4cccnc4)CC3)nc12. The van der Waals surface area contributed by atoms with E-state index in [-0.39, 0.29) is 18.7 Å². The van der Waals surface area contributed by atoms with Gasteiger partial charge >= 0.3 is 6.03 Å². The molecule has 0 bridgehead atoms. The van der Waals surface area contributed by atoms with E-state index in [4.69, 9.17) is 9.15 Å². The van der Waals surface area contributed by atoms with E-state index in [1.54, 1.807) is 6.20 Å². The third-order valence-corrected chi connectivity index (χ3v) is 4.99. The lowest BCUT2D eigenvalue weighted by Crippen LogP contribution is -2.45. The molecule has 0 radical (unpaired) electrons. The Bertz CT molecular complexity index is 933. The lowest BCUT2D eigenvalue weighted by atomic mass is 10.1. The summed E-state index contributed by atoms with van der Waals surface area (Å²) in [7, 11) is 0. The van der Waals surface area contributed by atoms with Gasteiger partial charge in [0, 0.05) is 25.5 Å². The van der Waals surface area contributed by atoms with Crippen LogP contribution in [0.2, 0.25) is 0 Å². The van der Waals surface area contributed by atoms with Crippen molar-refractivity contribution in [3.05, 3.63) is 59.7 Å². The number of carbonyl (C=O) groups excluding carboxylic acids is 1. The number of para-hydroxylation sites is 1. The Morgan fingerprint density at radius 1 is 1.29 bits per heavy atom. The minimum absolute atomic E-state index is 0.0929. The average molecular weight is 380 g/mol. The summed E-state index contributed by atoms with van der Waals surface area (Å²) in [6.45, 7) is 4.19. The van der Waals surface area contributed by atoms with Crippen molar-refractivity contribution in [2.75, 3.05) is 13.1 Å². The van der Waals surface area contributed by atoms with Crippen LogP contribution in [0.15, 0.2) is 47.1 Å². The number of likely N-dealkylation sites (tertiary alicyclic amines) is 1. The topological polar surface area (TPSA) is 80.5 Å². The van der Waals surface area contributed by atoms with Gasteiger partial charge in [0.15, 0.2) is 5.58 Å². The maximum atomic E-state index is 12.4. The number of piperidine rings is 1. The number of hydrogen-bond acceptors (Lipinski definition) is 5. The van der Waals surface area contributed by atoms with E-state index in [9.17, 15) is 4.79 Å². The molecule has 1 aliphatic heterocycles. The van der Waals surface area contributed by atoms with Crippen LogP contribution in [0.25, 0.3) is 11.1 Å². The van der Waals surface area contributed by atoms with Gasteiger partial charge in [0.05, 0.1) is 19.3 Å². The van der Waals surface area contributed by atoms with Gasteiger partial charge < -0.3 is 19.4 Å². The fourth-order valence-corrected chi connectivity index (χ4v) is 3.39. The van der Waals surface area contributed by atoms with Crippen LogP contribution in [-0.2, 0) is 17.9 Å². The molecule has 1 aliphatic rings. The number of ether oxygens (including phenoxy) is 1. The van der Waals surface area contributed by atoms with Crippen LogP contribution >= 0.6 is 0 Å². The van der Waals surface area contributed by atoms with Gasteiger partial charge in [-0.1, -0.05) is 18.2 Å². The second-order valence-corrected chi connectivity index (χ2v) is 7.05. The van der Waals surface area contributed by atoms with Gasteiger partial charge in [-0.25, -0.2) is 9.78 Å². The minimum atomic E-state index is -0.0929. The largest absolute Gasteiger partial charge is 0.439 e. The molecule has 0 aliphatic carbocycles. The molecule has 28 heavy (non-hydrogen) atoms. The summed E-state index contributed by atoms with van der Waals surface area (Å²) in [4.78, 5) is 22.8. The fraction of sp³-hybridized carbons (Fsp3) is 0.381. The molecule has 4 rings (SSSR count). The van der Waals surface area contributed by atoms with Gasteiger partial charge in [-0.15, -0.1) is 0 Å². The molecule has 1 N–H and O–H groups in total. The molecule has 146 valence electrons. The smallest absolute Gasteiger partial charge is 0.317 e. The van der Waals surface area contributed by atoms with Gasteiger partial charge in [-0.3, -0.25) is 4.98 Å². The van der Waals surface area contributed by atoms with E-state index in [2.05, 4.69) is 15.3 Å². The Kier molecular flexibility index (Phi) is 5.53. The maximum absolute atomic E-state index is 12.4. The summed E-state index contributed by atoms with van der Waals surface area (Å²) in [6, 6.07) is 9.63. The fourth-order valence-electron chi connectivity index (χ4n) is 3.39. The van der Waals surface area contributed by atoms with Crippen molar-refractivity contribution in [2.45, 2.75) is 39.0 Å². The Hall–Kier alpha value is -2.93. The number of rotatable bonds is 5. The van der Waals surface area contributed by atoms with Gasteiger partial charge in [-0.05, 0) is 43.0 Å². The molecule has 7 heteroatoms. The van der Waals surface area contributed by atoms with E-state index >= 15 is 0 Å². The first-order chi connectivity index (χ1) is 13.7. The number of amides is 2. The normalized spacial score (nSPS) is 15.1. The quantitative estimate of drug-likeness (QED) is 0.734. The monoisotopic (exact) mass is 380 g/mol. The van der Waals surface area contributed by atoms with Gasteiger partial charge in [0.1, 0.15) is 5.52 Å². The van der Waals surface area contributed by atoms with Crippen LogP contribution in [0.1, 0.15) is 29.9 Å². The third kappa shape index (κ3) is 4.31. The van der Waals surface area contributed by atoms with Crippen molar-refractivity contribution in [2.24, 2.45) is 0 Å². The molecular weight excluding hydrogens is 356 g/mol. The molecule has 3 heterocycles. The highest BCUT2D eigenvalue weighted by Crippen LogP contribution is 2.19. The third-order valence-electron chi connectivity index (χ3n) is 4.99. The summed E-state index contributed by atoms with van der Waals surface area (Å²) < 4.78 is 11.7. The Morgan fingerprint density at radius 2 is 2.14 bits per heavy atom. The van der Waals surface area contributed by atoms with Gasteiger partial charge in [0.25, 0.3) is 0 Å². The molecule has 0 spiro atoms. The summed E-state index contributed by atoms with van der Waals surface area (Å²) >= 11 is 0. The number of carbonyl (C=O) groups is 1. The second kappa shape index (κ2) is 8.39. The number of nitrogens with one attached hydrogen (secondary N) is 1. The standard InChI is InChI=1S/C21H24N4O3/c1-15-4-2-6-18-20(15)24-19(28-18)13-23-21(26)25-10-7-17(8-11-25)27-14-16-5-3-9-22-12-16/h2-6,9,12,17H,7-8,10-11,13-14H2,1H3,(H,23,26). The van der Waals surface area contributed by atoms with Crippen LogP contribution in [0.3, 0.4) is 0 Å². The highest BCUT2D eigenvalue weighted by Gasteiger charge is 2.23. The van der Waals surface area contributed by atoms with Crippen LogP contribution in [0, 0.1) is 6.92 Å². The Morgan fingerprint density at radius 3 is 2.89 bits per heavy atom. The highest BCUT2D eigenvalue weighted by atomic mass is 16.5. The van der Waals surface area contributed by atoms with Crippen LogP contribution in [0.4, 0.5) is 4.79 Å². The number of pyridine rings is 1. The molecule has 2 aromatic heterocycles. The summed E-state index contributed by atoms with van der Waals surface area (Å²) in [5, 5.41) is 2.90. The van der Waals surface area contributed by atoms with Crippen LogP contribution in [-0.4, -0.2) is 40.1 Å². The average Bonchev–Trinajstić information content (AvgIpc) is 3.16. The van der Waals surface area contributed by atoms with Crippen molar-refractivity contribution in [3.63, 3.8) is 0 Å². The number of fused-ring (bicyclic) bond motifs is 1. The minimum Gasteiger partial charge on any atom is -0.439 e. The van der Waals surface area contributed by atoms with E-state index in [1.807, 2.05) is 48.4 Å². The number of oxazole rings is 1. The van der Waals surface area contributed by atoms with Gasteiger partial charge in [-0.2, -0.15) is 0 Å². The Balaban J connectivity index is 1.23. The number of aromatic nitrogens is 2. The zero-order valence-corrected chi connectivity index (χ0v) is 15.9. The second-order valence-electron chi connectivity index (χ2n) is 7.05. The zero-order valence-electron chi connectivity index (χ0n) is 15.9. The molecule has 0 saturated carbocycles. The molecule has 1 aromatic carbocycles. The Labute approximate surface area is 163 Å². The van der Waals surface area contributed by atoms with Crippen LogP contribution < -0.4 is 5.32 Å². The summed E-state index contributed by atoms with van der Waals surface area (Å²) in [5.74, 6) is 0.521. The van der Waals surface area contributed by atoms with Crippen molar-refractivity contribution >= 4 is 17.1 Å². The molecule has 2 amide bonds. The first-order valence-electron chi connectivity index (χ1n) is 9.57. The predicted molar refractivity (Wildman–Crippen MR) is 105 cm³/mol. The number of nitrogens with zero attached hydrogens (tertiary/aromatic N) is 3. The van der Waals surface area contributed by atoms with Crippen molar-refractivity contribution in [3.8, 4) is 0 Å². The first-order valence-corrected chi connectivity index (χ1v) is 9.57. The molecule has 3 aromatic rings. The molecule has 1 fully saturated rings. The number of hydrogen-bond donors (Lipinski definition) is 1. The van der Waals surface area contributed by atoms with E-state index < -0.39 is 0 Å².